The molecule has 7 nitrogen and oxygen atoms in total. The van der Waals surface area contributed by atoms with Crippen LogP contribution >= 0.6 is 15.9 Å². The third-order valence-electron chi connectivity index (χ3n) is 5.07. The molecule has 0 bridgehead atoms. The highest BCUT2D eigenvalue weighted by molar-refractivity contribution is 9.10. The van der Waals surface area contributed by atoms with Crippen LogP contribution in [0.3, 0.4) is 0 Å². The van der Waals surface area contributed by atoms with Crippen LogP contribution in [-0.2, 0) is 17.9 Å². The Balaban J connectivity index is 1.39. The average molecular weight is 461 g/mol. The molecule has 29 heavy (non-hydrogen) atoms. The first-order valence-corrected chi connectivity index (χ1v) is 10.6. The highest BCUT2D eigenvalue weighted by Crippen LogP contribution is 2.23. The van der Waals surface area contributed by atoms with Crippen molar-refractivity contribution in [1.82, 2.24) is 19.6 Å². The van der Waals surface area contributed by atoms with Crippen molar-refractivity contribution in [2.24, 2.45) is 0 Å². The van der Waals surface area contributed by atoms with Gasteiger partial charge in [0.15, 0.2) is 0 Å². The number of aryl methyl sites for hydroxylation is 1. The van der Waals surface area contributed by atoms with Crippen molar-refractivity contribution in [3.8, 4) is 0 Å². The van der Waals surface area contributed by atoms with E-state index in [-0.39, 0.29) is 17.7 Å². The number of imide groups is 1. The van der Waals surface area contributed by atoms with Crippen molar-refractivity contribution in [2.75, 3.05) is 13.6 Å². The number of fused-ring (bicyclic) bond motifs is 1. The molecule has 3 amide bonds. The van der Waals surface area contributed by atoms with E-state index < -0.39 is 0 Å². The summed E-state index contributed by atoms with van der Waals surface area (Å²) in [5.41, 5.74) is 1.80. The van der Waals surface area contributed by atoms with Gasteiger partial charge < -0.3 is 4.90 Å². The lowest BCUT2D eigenvalue weighted by Gasteiger charge is -2.16. The molecule has 0 saturated heterocycles. The van der Waals surface area contributed by atoms with Crippen molar-refractivity contribution in [3.05, 3.63) is 51.8 Å². The summed E-state index contributed by atoms with van der Waals surface area (Å²) >= 11 is 3.48. The minimum Gasteiger partial charge on any atom is -0.340 e. The molecular weight excluding hydrogens is 436 g/mol. The van der Waals surface area contributed by atoms with Gasteiger partial charge in [-0.2, -0.15) is 5.10 Å². The van der Waals surface area contributed by atoms with E-state index in [0.717, 1.165) is 29.6 Å². The van der Waals surface area contributed by atoms with Crippen LogP contribution < -0.4 is 0 Å². The van der Waals surface area contributed by atoms with Crippen molar-refractivity contribution in [2.45, 2.75) is 45.7 Å². The Morgan fingerprint density at radius 2 is 1.76 bits per heavy atom. The molecular formula is C21H25BrN4O3. The zero-order chi connectivity index (χ0) is 21.0. The summed E-state index contributed by atoms with van der Waals surface area (Å²) in [6.07, 6.45) is 4.53. The molecule has 3 rings (SSSR count). The Kier molecular flexibility index (Phi) is 6.84. The van der Waals surface area contributed by atoms with Gasteiger partial charge in [-0.15, -0.1) is 0 Å². The number of carbonyl (C=O) groups excluding carboxylic acids is 3. The number of carbonyl (C=O) groups is 3. The van der Waals surface area contributed by atoms with Crippen molar-refractivity contribution in [1.29, 1.82) is 0 Å². The lowest BCUT2D eigenvalue weighted by Crippen LogP contribution is -2.30. The van der Waals surface area contributed by atoms with Gasteiger partial charge in [-0.3, -0.25) is 24.0 Å². The Bertz CT molecular complexity index is 889. The molecule has 1 aliphatic heterocycles. The average Bonchev–Trinajstić information content (AvgIpc) is 3.19. The Morgan fingerprint density at radius 3 is 2.34 bits per heavy atom. The molecule has 1 aromatic carbocycles. The number of amides is 3. The molecule has 0 radical (unpaired) electrons. The first-order chi connectivity index (χ1) is 13.9. The summed E-state index contributed by atoms with van der Waals surface area (Å²) in [5, 5.41) is 4.44. The molecule has 1 aromatic heterocycles. The van der Waals surface area contributed by atoms with Crippen LogP contribution in [0.1, 0.15) is 59.0 Å². The number of unbranched alkanes of at least 4 members (excludes halogenated alkanes) is 2. The van der Waals surface area contributed by atoms with Crippen LogP contribution in [0.5, 0.6) is 0 Å². The molecule has 154 valence electrons. The van der Waals surface area contributed by atoms with Gasteiger partial charge in [-0.25, -0.2) is 0 Å². The standard InChI is InChI=1S/C21H25BrN4O3/c1-3-25-13-17(22)18(23-25)14-24(2)19(27)11-5-4-8-12-26-20(28)15-9-6-7-10-16(15)21(26)29/h6-7,9-10,13H,3-5,8,11-12,14H2,1-2H3. The maximum atomic E-state index is 12.4. The number of benzene rings is 1. The lowest BCUT2D eigenvalue weighted by atomic mass is 10.1. The number of halogens is 1. The number of nitrogens with zero attached hydrogens (tertiary/aromatic N) is 4. The van der Waals surface area contributed by atoms with Gasteiger partial charge in [0.1, 0.15) is 0 Å². The van der Waals surface area contributed by atoms with Crippen LogP contribution in [0.2, 0.25) is 0 Å². The van der Waals surface area contributed by atoms with Gasteiger partial charge in [-0.1, -0.05) is 18.6 Å². The molecule has 8 heteroatoms. The molecule has 0 atom stereocenters. The van der Waals surface area contributed by atoms with Gasteiger partial charge in [-0.05, 0) is 47.8 Å². The highest BCUT2D eigenvalue weighted by Gasteiger charge is 2.34. The second kappa shape index (κ2) is 9.35. The number of hydrogen-bond donors (Lipinski definition) is 0. The molecule has 0 N–H and O–H groups in total. The summed E-state index contributed by atoms with van der Waals surface area (Å²) in [4.78, 5) is 40.0. The molecule has 0 fully saturated rings. The smallest absolute Gasteiger partial charge is 0.261 e. The fourth-order valence-corrected chi connectivity index (χ4v) is 3.82. The number of aromatic nitrogens is 2. The number of rotatable bonds is 9. The van der Waals surface area contributed by atoms with Gasteiger partial charge >= 0.3 is 0 Å². The largest absolute Gasteiger partial charge is 0.340 e. The topological polar surface area (TPSA) is 75.5 Å². The highest BCUT2D eigenvalue weighted by atomic mass is 79.9. The van der Waals surface area contributed by atoms with E-state index in [9.17, 15) is 14.4 Å². The summed E-state index contributed by atoms with van der Waals surface area (Å²) in [6.45, 7) is 3.64. The monoisotopic (exact) mass is 460 g/mol. The maximum Gasteiger partial charge on any atom is 0.261 e. The second-order valence-corrected chi connectivity index (χ2v) is 8.00. The molecule has 0 aliphatic carbocycles. The maximum absolute atomic E-state index is 12.4. The minimum atomic E-state index is -0.224. The summed E-state index contributed by atoms with van der Waals surface area (Å²) in [6, 6.07) is 6.90. The van der Waals surface area contributed by atoms with E-state index in [1.165, 1.54) is 4.90 Å². The molecule has 1 aliphatic rings. The van der Waals surface area contributed by atoms with Crippen molar-refractivity contribution < 1.29 is 14.4 Å². The zero-order valence-corrected chi connectivity index (χ0v) is 18.3. The quantitative estimate of drug-likeness (QED) is 0.423. The molecule has 2 heterocycles. The molecule has 0 saturated carbocycles. The van der Waals surface area contributed by atoms with Gasteiger partial charge in [0.25, 0.3) is 11.8 Å². The van der Waals surface area contributed by atoms with Crippen LogP contribution in [0.25, 0.3) is 0 Å². The molecule has 0 spiro atoms. The summed E-state index contributed by atoms with van der Waals surface area (Å²) in [5.74, 6) is -0.388. The van der Waals surface area contributed by atoms with E-state index in [1.807, 2.05) is 17.8 Å². The van der Waals surface area contributed by atoms with Crippen molar-refractivity contribution >= 4 is 33.7 Å². The summed E-state index contributed by atoms with van der Waals surface area (Å²) in [7, 11) is 1.78. The van der Waals surface area contributed by atoms with E-state index in [2.05, 4.69) is 21.0 Å². The predicted octanol–water partition coefficient (Wildman–Crippen LogP) is 3.48. The Hall–Kier alpha value is -2.48. The van der Waals surface area contributed by atoms with E-state index in [1.54, 1.807) is 36.2 Å². The van der Waals surface area contributed by atoms with Crippen LogP contribution in [-0.4, -0.2) is 50.9 Å². The predicted molar refractivity (Wildman–Crippen MR) is 112 cm³/mol. The molecule has 0 unspecified atom stereocenters. The Morgan fingerprint density at radius 1 is 1.10 bits per heavy atom. The summed E-state index contributed by atoms with van der Waals surface area (Å²) < 4.78 is 2.73. The van der Waals surface area contributed by atoms with Gasteiger partial charge in [0.05, 0.1) is 27.8 Å². The normalized spacial score (nSPS) is 13.1. The lowest BCUT2D eigenvalue weighted by molar-refractivity contribution is -0.130. The second-order valence-electron chi connectivity index (χ2n) is 7.15. The fourth-order valence-electron chi connectivity index (χ4n) is 3.37. The van der Waals surface area contributed by atoms with Gasteiger partial charge in [0.2, 0.25) is 5.91 Å². The van der Waals surface area contributed by atoms with Crippen LogP contribution in [0.15, 0.2) is 34.9 Å². The van der Waals surface area contributed by atoms with Crippen LogP contribution in [0.4, 0.5) is 0 Å². The fraction of sp³-hybridized carbons (Fsp3) is 0.429. The van der Waals surface area contributed by atoms with E-state index >= 15 is 0 Å². The van der Waals surface area contributed by atoms with Crippen molar-refractivity contribution in [3.63, 3.8) is 0 Å². The zero-order valence-electron chi connectivity index (χ0n) is 16.7. The third-order valence-corrected chi connectivity index (χ3v) is 5.74. The Labute approximate surface area is 178 Å². The first-order valence-electron chi connectivity index (χ1n) is 9.83. The molecule has 2 aromatic rings. The first kappa shape index (κ1) is 21.2. The van der Waals surface area contributed by atoms with E-state index in [4.69, 9.17) is 0 Å². The van der Waals surface area contributed by atoms with E-state index in [0.29, 0.717) is 37.1 Å². The number of hydrogen-bond acceptors (Lipinski definition) is 4. The minimum absolute atomic E-state index is 0.0590. The van der Waals surface area contributed by atoms with Gasteiger partial charge in [0, 0.05) is 32.8 Å². The van der Waals surface area contributed by atoms with Crippen LogP contribution in [0, 0.1) is 0 Å². The SMILES string of the molecule is CCn1cc(Br)c(CN(C)C(=O)CCCCCN2C(=O)c3ccccc3C2=O)n1. The third kappa shape index (κ3) is 4.75.